The first-order chi connectivity index (χ1) is 10.2. The molecule has 0 spiro atoms. The Morgan fingerprint density at radius 3 is 2.67 bits per heavy atom. The summed E-state index contributed by atoms with van der Waals surface area (Å²) in [5.74, 6) is 0.847. The van der Waals surface area contributed by atoms with Crippen molar-refractivity contribution in [3.05, 3.63) is 29.8 Å². The lowest BCUT2D eigenvalue weighted by Crippen LogP contribution is -2.35. The van der Waals surface area contributed by atoms with Gasteiger partial charge in [0.15, 0.2) is 0 Å². The van der Waals surface area contributed by atoms with Crippen LogP contribution in [0.3, 0.4) is 0 Å². The molecule has 0 amide bonds. The minimum absolute atomic E-state index is 0.331. The van der Waals surface area contributed by atoms with E-state index in [4.69, 9.17) is 9.47 Å². The van der Waals surface area contributed by atoms with Gasteiger partial charge in [0.25, 0.3) is 0 Å². The SMILES string of the molecule is CCOc1ccc(C(O)CN(CC)CC2CCCO2)cc1. The molecule has 1 aliphatic rings. The van der Waals surface area contributed by atoms with Crippen LogP contribution in [0.4, 0.5) is 0 Å². The zero-order valence-electron chi connectivity index (χ0n) is 13.1. The van der Waals surface area contributed by atoms with Crippen molar-refractivity contribution in [2.24, 2.45) is 0 Å². The van der Waals surface area contributed by atoms with Gasteiger partial charge in [0, 0.05) is 19.7 Å². The quantitative estimate of drug-likeness (QED) is 0.800. The molecule has 2 rings (SSSR count). The van der Waals surface area contributed by atoms with Gasteiger partial charge < -0.3 is 14.6 Å². The summed E-state index contributed by atoms with van der Waals surface area (Å²) in [6.07, 6.45) is 2.15. The van der Waals surface area contributed by atoms with Crippen LogP contribution in [-0.2, 0) is 4.74 Å². The molecule has 1 heterocycles. The summed E-state index contributed by atoms with van der Waals surface area (Å²) in [6, 6.07) is 7.71. The van der Waals surface area contributed by atoms with Crippen LogP contribution >= 0.6 is 0 Å². The normalized spacial score (nSPS) is 19.9. The molecule has 2 unspecified atom stereocenters. The van der Waals surface area contributed by atoms with Crippen molar-refractivity contribution >= 4 is 0 Å². The van der Waals surface area contributed by atoms with Crippen LogP contribution in [-0.4, -0.2) is 49.0 Å². The first kappa shape index (κ1) is 16.3. The molecular weight excluding hydrogens is 266 g/mol. The third-order valence-corrected chi connectivity index (χ3v) is 3.94. The number of benzene rings is 1. The monoisotopic (exact) mass is 293 g/mol. The molecule has 1 N–H and O–H groups in total. The van der Waals surface area contributed by atoms with Crippen molar-refractivity contribution in [1.82, 2.24) is 4.90 Å². The van der Waals surface area contributed by atoms with Crippen LogP contribution in [0.2, 0.25) is 0 Å². The molecule has 2 atom stereocenters. The highest BCUT2D eigenvalue weighted by Crippen LogP contribution is 2.20. The molecule has 118 valence electrons. The maximum absolute atomic E-state index is 10.4. The Morgan fingerprint density at radius 2 is 2.10 bits per heavy atom. The smallest absolute Gasteiger partial charge is 0.119 e. The van der Waals surface area contributed by atoms with Crippen molar-refractivity contribution in [2.45, 2.75) is 38.9 Å². The van der Waals surface area contributed by atoms with Crippen LogP contribution < -0.4 is 4.74 Å². The standard InChI is InChI=1S/C17H27NO3/c1-3-18(12-16-6-5-11-21-16)13-17(19)14-7-9-15(10-8-14)20-4-2/h7-10,16-17,19H,3-6,11-13H2,1-2H3. The van der Waals surface area contributed by atoms with Gasteiger partial charge in [-0.25, -0.2) is 0 Å². The number of hydrogen-bond acceptors (Lipinski definition) is 4. The van der Waals surface area contributed by atoms with Crippen molar-refractivity contribution in [3.63, 3.8) is 0 Å². The molecule has 1 saturated heterocycles. The highest BCUT2D eigenvalue weighted by molar-refractivity contribution is 5.28. The van der Waals surface area contributed by atoms with Gasteiger partial charge >= 0.3 is 0 Å². The van der Waals surface area contributed by atoms with E-state index in [1.165, 1.54) is 0 Å². The zero-order valence-corrected chi connectivity index (χ0v) is 13.1. The number of likely N-dealkylation sites (N-methyl/N-ethyl adjacent to an activating group) is 1. The molecule has 1 aromatic carbocycles. The van der Waals surface area contributed by atoms with E-state index >= 15 is 0 Å². The fraction of sp³-hybridized carbons (Fsp3) is 0.647. The van der Waals surface area contributed by atoms with Gasteiger partial charge in [-0.2, -0.15) is 0 Å². The van der Waals surface area contributed by atoms with Gasteiger partial charge in [0.05, 0.1) is 18.8 Å². The minimum Gasteiger partial charge on any atom is -0.494 e. The summed E-state index contributed by atoms with van der Waals surface area (Å²) in [7, 11) is 0. The fourth-order valence-electron chi connectivity index (χ4n) is 2.71. The lowest BCUT2D eigenvalue weighted by molar-refractivity contribution is 0.0516. The summed E-state index contributed by atoms with van der Waals surface area (Å²) >= 11 is 0. The molecule has 0 aromatic heterocycles. The lowest BCUT2D eigenvalue weighted by atomic mass is 10.1. The average molecular weight is 293 g/mol. The van der Waals surface area contributed by atoms with Crippen molar-refractivity contribution in [2.75, 3.05) is 32.8 Å². The third kappa shape index (κ3) is 4.99. The highest BCUT2D eigenvalue weighted by atomic mass is 16.5. The number of hydrogen-bond donors (Lipinski definition) is 1. The molecule has 1 aliphatic heterocycles. The summed E-state index contributed by atoms with van der Waals surface area (Å²) in [5.41, 5.74) is 0.934. The van der Waals surface area contributed by atoms with Crippen molar-refractivity contribution < 1.29 is 14.6 Å². The summed E-state index contributed by atoms with van der Waals surface area (Å²) in [5, 5.41) is 10.4. The number of nitrogens with zero attached hydrogens (tertiary/aromatic N) is 1. The molecule has 1 aromatic rings. The second-order valence-corrected chi connectivity index (χ2v) is 5.51. The molecule has 1 fully saturated rings. The van der Waals surface area contributed by atoms with Crippen LogP contribution in [0.15, 0.2) is 24.3 Å². The van der Waals surface area contributed by atoms with Crippen LogP contribution in [0.1, 0.15) is 38.4 Å². The van der Waals surface area contributed by atoms with E-state index in [9.17, 15) is 5.11 Å². The topological polar surface area (TPSA) is 41.9 Å². The second kappa shape index (κ2) is 8.37. The Hall–Kier alpha value is -1.10. The molecule has 21 heavy (non-hydrogen) atoms. The van der Waals surface area contributed by atoms with Gasteiger partial charge in [-0.3, -0.25) is 4.90 Å². The minimum atomic E-state index is -0.470. The van der Waals surface area contributed by atoms with E-state index in [-0.39, 0.29) is 0 Å². The van der Waals surface area contributed by atoms with Gasteiger partial charge in [-0.1, -0.05) is 19.1 Å². The Kier molecular flexibility index (Phi) is 6.49. The third-order valence-electron chi connectivity index (χ3n) is 3.94. The van der Waals surface area contributed by atoms with Crippen LogP contribution in [0.25, 0.3) is 0 Å². The van der Waals surface area contributed by atoms with Gasteiger partial charge in [0.1, 0.15) is 5.75 Å². The summed E-state index contributed by atoms with van der Waals surface area (Å²) < 4.78 is 11.1. The van der Waals surface area contributed by atoms with Crippen LogP contribution in [0, 0.1) is 0 Å². The molecule has 4 heteroatoms. The van der Waals surface area contributed by atoms with E-state index in [1.807, 2.05) is 31.2 Å². The largest absolute Gasteiger partial charge is 0.494 e. The second-order valence-electron chi connectivity index (χ2n) is 5.51. The highest BCUT2D eigenvalue weighted by Gasteiger charge is 2.20. The summed E-state index contributed by atoms with van der Waals surface area (Å²) in [6.45, 7) is 8.10. The van der Waals surface area contributed by atoms with Gasteiger partial charge in [-0.15, -0.1) is 0 Å². The van der Waals surface area contributed by atoms with Gasteiger partial charge in [0.2, 0.25) is 0 Å². The first-order valence-corrected chi connectivity index (χ1v) is 7.97. The molecule has 0 radical (unpaired) electrons. The van der Waals surface area contributed by atoms with E-state index in [0.29, 0.717) is 19.3 Å². The molecule has 0 saturated carbocycles. The van der Waals surface area contributed by atoms with E-state index in [0.717, 1.165) is 43.9 Å². The van der Waals surface area contributed by atoms with Crippen molar-refractivity contribution in [1.29, 1.82) is 0 Å². The summed E-state index contributed by atoms with van der Waals surface area (Å²) in [4.78, 5) is 2.26. The first-order valence-electron chi connectivity index (χ1n) is 7.97. The van der Waals surface area contributed by atoms with Crippen molar-refractivity contribution in [3.8, 4) is 5.75 Å². The molecular formula is C17H27NO3. The number of rotatable bonds is 8. The Bertz CT molecular complexity index is 401. The number of aliphatic hydroxyl groups excluding tert-OH is 1. The molecule has 0 bridgehead atoms. The van der Waals surface area contributed by atoms with E-state index < -0.39 is 6.10 Å². The van der Waals surface area contributed by atoms with Gasteiger partial charge in [-0.05, 0) is 44.0 Å². The predicted molar refractivity (Wildman–Crippen MR) is 83.7 cm³/mol. The van der Waals surface area contributed by atoms with E-state index in [1.54, 1.807) is 0 Å². The molecule has 4 nitrogen and oxygen atoms in total. The number of aliphatic hydroxyl groups is 1. The Labute approximate surface area is 127 Å². The molecule has 0 aliphatic carbocycles. The fourth-order valence-corrected chi connectivity index (χ4v) is 2.71. The Morgan fingerprint density at radius 1 is 1.33 bits per heavy atom. The maximum atomic E-state index is 10.4. The zero-order chi connectivity index (χ0) is 15.1. The number of ether oxygens (including phenoxy) is 2. The predicted octanol–water partition coefficient (Wildman–Crippen LogP) is 2.62. The lowest BCUT2D eigenvalue weighted by Gasteiger charge is -2.26. The van der Waals surface area contributed by atoms with E-state index in [2.05, 4.69) is 11.8 Å². The average Bonchev–Trinajstić information content (AvgIpc) is 3.00. The Balaban J connectivity index is 1.86. The maximum Gasteiger partial charge on any atom is 0.119 e. The van der Waals surface area contributed by atoms with Crippen LogP contribution in [0.5, 0.6) is 5.75 Å².